The van der Waals surface area contributed by atoms with Gasteiger partial charge in [-0.05, 0) is 63.2 Å². The second-order valence-corrected chi connectivity index (χ2v) is 6.05. The van der Waals surface area contributed by atoms with Crippen LogP contribution in [0.25, 0.3) is 0 Å². The van der Waals surface area contributed by atoms with Crippen molar-refractivity contribution in [2.75, 3.05) is 50.1 Å². The Morgan fingerprint density at radius 1 is 0.958 bits per heavy atom. The van der Waals surface area contributed by atoms with E-state index in [1.54, 1.807) is 12.1 Å². The van der Waals surface area contributed by atoms with Crippen molar-refractivity contribution < 1.29 is 10.0 Å². The summed E-state index contributed by atoms with van der Waals surface area (Å²) in [5.74, 6) is 0. The number of rotatable bonds is 9. The summed E-state index contributed by atoms with van der Waals surface area (Å²) < 4.78 is 0. The number of carbonyl (C=O) groups is 1. The Balaban J connectivity index is 1.47. The number of amides is 2. The molecule has 2 rings (SSSR count). The van der Waals surface area contributed by atoms with Crippen molar-refractivity contribution in [2.24, 2.45) is 0 Å². The van der Waals surface area contributed by atoms with Crippen LogP contribution >= 0.6 is 0 Å². The molecular formula is C17H29N5O2. The topological polar surface area (TPSA) is 88.7 Å². The van der Waals surface area contributed by atoms with Gasteiger partial charge in [0.1, 0.15) is 0 Å². The Morgan fingerprint density at radius 2 is 1.62 bits per heavy atom. The number of nitrogens with zero attached hydrogens (tertiary/aromatic N) is 1. The summed E-state index contributed by atoms with van der Waals surface area (Å²) in [6, 6.07) is 7.14. The van der Waals surface area contributed by atoms with Crippen LogP contribution in [0.5, 0.6) is 0 Å². The third kappa shape index (κ3) is 7.06. The molecule has 0 spiro atoms. The van der Waals surface area contributed by atoms with Crippen molar-refractivity contribution in [1.82, 2.24) is 15.5 Å². The third-order valence-corrected chi connectivity index (χ3v) is 4.14. The molecule has 2 amide bonds. The standard InChI is InChI=1S/C17H29N5O2/c23-17(19-9-4-14-22-12-2-1-3-13-22)20-11-10-18-15-5-7-16(21-24)8-6-15/h5-8,18,21,24H,1-4,9-14H2,(H2,19,20,23). The van der Waals surface area contributed by atoms with Crippen molar-refractivity contribution >= 4 is 17.4 Å². The summed E-state index contributed by atoms with van der Waals surface area (Å²) in [5, 5.41) is 17.7. The molecule has 1 fully saturated rings. The van der Waals surface area contributed by atoms with Gasteiger partial charge in [-0.1, -0.05) is 6.42 Å². The van der Waals surface area contributed by atoms with Gasteiger partial charge in [-0.25, -0.2) is 4.79 Å². The molecule has 134 valence electrons. The first-order valence-corrected chi connectivity index (χ1v) is 8.76. The predicted octanol–water partition coefficient (Wildman–Crippen LogP) is 2.07. The van der Waals surface area contributed by atoms with E-state index in [1.807, 2.05) is 12.1 Å². The van der Waals surface area contributed by atoms with Gasteiger partial charge < -0.3 is 20.9 Å². The number of piperidine rings is 1. The molecule has 1 aromatic rings. The smallest absolute Gasteiger partial charge is 0.314 e. The van der Waals surface area contributed by atoms with Crippen LogP contribution in [0.15, 0.2) is 24.3 Å². The number of likely N-dealkylation sites (tertiary alicyclic amines) is 1. The minimum absolute atomic E-state index is 0.115. The highest BCUT2D eigenvalue weighted by atomic mass is 16.5. The van der Waals surface area contributed by atoms with Gasteiger partial charge in [-0.2, -0.15) is 0 Å². The lowest BCUT2D eigenvalue weighted by Gasteiger charge is -2.26. The van der Waals surface area contributed by atoms with Crippen LogP contribution in [-0.2, 0) is 0 Å². The first-order chi connectivity index (χ1) is 11.8. The van der Waals surface area contributed by atoms with Crippen molar-refractivity contribution in [3.63, 3.8) is 0 Å². The summed E-state index contributed by atoms with van der Waals surface area (Å²) in [6.07, 6.45) is 4.96. The van der Waals surface area contributed by atoms with E-state index in [4.69, 9.17) is 5.21 Å². The zero-order chi connectivity index (χ0) is 17.0. The first-order valence-electron chi connectivity index (χ1n) is 8.76. The number of benzene rings is 1. The molecular weight excluding hydrogens is 306 g/mol. The van der Waals surface area contributed by atoms with Gasteiger partial charge in [0.25, 0.3) is 0 Å². The largest absolute Gasteiger partial charge is 0.383 e. The fourth-order valence-corrected chi connectivity index (χ4v) is 2.80. The quantitative estimate of drug-likeness (QED) is 0.352. The molecule has 7 heteroatoms. The van der Waals surface area contributed by atoms with E-state index < -0.39 is 0 Å². The SMILES string of the molecule is O=C(NCCCN1CCCCC1)NCCNc1ccc(NO)cc1. The van der Waals surface area contributed by atoms with Crippen molar-refractivity contribution in [3.05, 3.63) is 24.3 Å². The summed E-state index contributed by atoms with van der Waals surface area (Å²) in [4.78, 5) is 14.2. The number of urea groups is 1. The predicted molar refractivity (Wildman–Crippen MR) is 96.7 cm³/mol. The average Bonchev–Trinajstić information content (AvgIpc) is 2.64. The Morgan fingerprint density at radius 3 is 2.33 bits per heavy atom. The molecule has 0 unspecified atom stereocenters. The second kappa shape index (κ2) is 10.7. The highest BCUT2D eigenvalue weighted by molar-refractivity contribution is 5.73. The Kier molecular flexibility index (Phi) is 8.20. The van der Waals surface area contributed by atoms with E-state index in [0.29, 0.717) is 25.3 Å². The first kappa shape index (κ1) is 18.4. The van der Waals surface area contributed by atoms with Crippen LogP contribution < -0.4 is 21.4 Å². The lowest BCUT2D eigenvalue weighted by atomic mass is 10.1. The molecule has 1 aromatic carbocycles. The maximum Gasteiger partial charge on any atom is 0.314 e. The molecule has 1 heterocycles. The van der Waals surface area contributed by atoms with Gasteiger partial charge in [-0.15, -0.1) is 0 Å². The summed E-state index contributed by atoms with van der Waals surface area (Å²) in [6.45, 7) is 5.39. The average molecular weight is 335 g/mol. The van der Waals surface area contributed by atoms with Gasteiger partial charge in [0, 0.05) is 25.3 Å². The van der Waals surface area contributed by atoms with E-state index in [2.05, 4.69) is 26.3 Å². The van der Waals surface area contributed by atoms with Gasteiger partial charge in [0.05, 0.1) is 5.69 Å². The summed E-state index contributed by atoms with van der Waals surface area (Å²) in [5.41, 5.74) is 3.67. The van der Waals surface area contributed by atoms with Gasteiger partial charge in [0.2, 0.25) is 0 Å². The molecule has 0 aliphatic carbocycles. The van der Waals surface area contributed by atoms with E-state index in [9.17, 15) is 4.79 Å². The zero-order valence-electron chi connectivity index (χ0n) is 14.2. The molecule has 1 saturated heterocycles. The summed E-state index contributed by atoms with van der Waals surface area (Å²) >= 11 is 0. The second-order valence-electron chi connectivity index (χ2n) is 6.05. The molecule has 0 saturated carbocycles. The molecule has 0 radical (unpaired) electrons. The maximum absolute atomic E-state index is 11.7. The lowest BCUT2D eigenvalue weighted by Crippen LogP contribution is -2.39. The van der Waals surface area contributed by atoms with Gasteiger partial charge in [0.15, 0.2) is 0 Å². The Labute approximate surface area is 143 Å². The van der Waals surface area contributed by atoms with Crippen molar-refractivity contribution in [3.8, 4) is 0 Å². The molecule has 7 nitrogen and oxygen atoms in total. The molecule has 1 aliphatic heterocycles. The molecule has 0 bridgehead atoms. The van der Waals surface area contributed by atoms with Crippen molar-refractivity contribution in [1.29, 1.82) is 0 Å². The minimum atomic E-state index is -0.115. The maximum atomic E-state index is 11.7. The summed E-state index contributed by atoms with van der Waals surface area (Å²) in [7, 11) is 0. The molecule has 0 aromatic heterocycles. The number of carbonyl (C=O) groups excluding carboxylic acids is 1. The Bertz CT molecular complexity index is 474. The molecule has 0 atom stereocenters. The highest BCUT2D eigenvalue weighted by Crippen LogP contribution is 2.12. The number of hydrogen-bond acceptors (Lipinski definition) is 5. The zero-order valence-corrected chi connectivity index (χ0v) is 14.2. The fraction of sp³-hybridized carbons (Fsp3) is 0.588. The molecule has 24 heavy (non-hydrogen) atoms. The normalized spacial score (nSPS) is 14.9. The molecule has 5 N–H and O–H groups in total. The third-order valence-electron chi connectivity index (χ3n) is 4.14. The van der Waals surface area contributed by atoms with Gasteiger partial charge >= 0.3 is 6.03 Å². The monoisotopic (exact) mass is 335 g/mol. The number of hydrogen-bond donors (Lipinski definition) is 5. The molecule has 1 aliphatic rings. The highest BCUT2D eigenvalue weighted by Gasteiger charge is 2.09. The van der Waals surface area contributed by atoms with Crippen LogP contribution in [0.3, 0.4) is 0 Å². The van der Waals surface area contributed by atoms with Gasteiger partial charge in [-0.3, -0.25) is 10.7 Å². The Hall–Kier alpha value is -1.99. The number of nitrogens with one attached hydrogen (secondary N) is 4. The van der Waals surface area contributed by atoms with Crippen LogP contribution in [0.1, 0.15) is 25.7 Å². The van der Waals surface area contributed by atoms with Crippen LogP contribution in [0.4, 0.5) is 16.2 Å². The van der Waals surface area contributed by atoms with E-state index in [-0.39, 0.29) is 6.03 Å². The van der Waals surface area contributed by atoms with Crippen LogP contribution in [0, 0.1) is 0 Å². The van der Waals surface area contributed by atoms with E-state index in [1.165, 1.54) is 32.4 Å². The van der Waals surface area contributed by atoms with Crippen molar-refractivity contribution in [2.45, 2.75) is 25.7 Å². The van der Waals surface area contributed by atoms with Crippen LogP contribution in [-0.4, -0.2) is 55.4 Å². The number of anilines is 2. The van der Waals surface area contributed by atoms with E-state index >= 15 is 0 Å². The van der Waals surface area contributed by atoms with E-state index in [0.717, 1.165) is 18.7 Å². The minimum Gasteiger partial charge on any atom is -0.383 e. The lowest BCUT2D eigenvalue weighted by molar-refractivity contribution is 0.222. The van der Waals surface area contributed by atoms with Crippen LogP contribution in [0.2, 0.25) is 0 Å². The fourth-order valence-electron chi connectivity index (χ4n) is 2.80.